The van der Waals surface area contributed by atoms with Gasteiger partial charge in [0.05, 0.1) is 11.9 Å². The molecule has 41 heavy (non-hydrogen) atoms. The molecule has 0 spiro atoms. The topological polar surface area (TPSA) is 83.9 Å². The zero-order valence-electron chi connectivity index (χ0n) is 23.2. The van der Waals surface area contributed by atoms with Gasteiger partial charge in [0.2, 0.25) is 5.12 Å². The SMILES string of the molecule is CC(=O)CSC(=O)[C@@]12ON(Cc3ccc(Cl)cc3)C[C@@H]1C[C@H]1[C@@H]3C[C@H](F)C4=CC(=O)C=C[C@]4(C)[C@@]3(F)[C@@H](O)C[C@@]12C. The lowest BCUT2D eigenvalue weighted by atomic mass is 9.44. The van der Waals surface area contributed by atoms with Crippen LogP contribution in [0.3, 0.4) is 0 Å². The van der Waals surface area contributed by atoms with Crippen LogP contribution in [0.25, 0.3) is 0 Å². The van der Waals surface area contributed by atoms with E-state index >= 15 is 8.78 Å². The van der Waals surface area contributed by atoms with E-state index in [4.69, 9.17) is 16.4 Å². The molecule has 0 radical (unpaired) electrons. The molecule has 9 atom stereocenters. The van der Waals surface area contributed by atoms with Gasteiger partial charge in [0.1, 0.15) is 12.0 Å². The molecule has 0 amide bonds. The third-order valence-corrected chi connectivity index (χ3v) is 12.0. The number of carbonyl (C=O) groups is 3. The Morgan fingerprint density at radius 1 is 1.20 bits per heavy atom. The van der Waals surface area contributed by atoms with Gasteiger partial charge >= 0.3 is 0 Å². The molecule has 1 aliphatic heterocycles. The van der Waals surface area contributed by atoms with Crippen LogP contribution in [-0.4, -0.2) is 62.7 Å². The summed E-state index contributed by atoms with van der Waals surface area (Å²) < 4.78 is 33.4. The summed E-state index contributed by atoms with van der Waals surface area (Å²) in [6.45, 7) is 5.61. The van der Waals surface area contributed by atoms with E-state index in [9.17, 15) is 19.5 Å². The van der Waals surface area contributed by atoms with Crippen LogP contribution in [0.15, 0.2) is 48.1 Å². The fourth-order valence-corrected chi connectivity index (χ4v) is 9.94. The van der Waals surface area contributed by atoms with Crippen molar-refractivity contribution in [2.75, 3.05) is 12.3 Å². The number of benzene rings is 1. The molecule has 1 N–H and O–H groups in total. The molecule has 6 nitrogen and oxygen atoms in total. The smallest absolute Gasteiger partial charge is 0.224 e. The molecule has 5 aliphatic rings. The van der Waals surface area contributed by atoms with Crippen LogP contribution in [0.5, 0.6) is 0 Å². The molecule has 3 saturated carbocycles. The number of carbonyl (C=O) groups excluding carboxylic acids is 3. The highest BCUT2D eigenvalue weighted by Crippen LogP contribution is 2.73. The average molecular weight is 606 g/mol. The highest BCUT2D eigenvalue weighted by Gasteiger charge is 2.79. The van der Waals surface area contributed by atoms with Gasteiger partial charge in [-0.1, -0.05) is 48.5 Å². The molecule has 6 rings (SSSR count). The average Bonchev–Trinajstić information content (AvgIpc) is 3.39. The van der Waals surface area contributed by atoms with E-state index in [0.717, 1.165) is 17.3 Å². The zero-order chi connectivity index (χ0) is 29.5. The van der Waals surface area contributed by atoms with Crippen LogP contribution in [0.4, 0.5) is 8.78 Å². The number of fused-ring (bicyclic) bond motifs is 7. The maximum Gasteiger partial charge on any atom is 0.224 e. The van der Waals surface area contributed by atoms with Crippen LogP contribution in [0.1, 0.15) is 45.6 Å². The molecule has 4 aliphatic carbocycles. The summed E-state index contributed by atoms with van der Waals surface area (Å²) in [7, 11) is 0. The van der Waals surface area contributed by atoms with Crippen molar-refractivity contribution in [3.8, 4) is 0 Å². The number of hydrogen-bond acceptors (Lipinski definition) is 7. The lowest BCUT2D eigenvalue weighted by Gasteiger charge is -2.63. The van der Waals surface area contributed by atoms with E-state index in [-0.39, 0.29) is 41.0 Å². The molecule has 220 valence electrons. The lowest BCUT2D eigenvalue weighted by molar-refractivity contribution is -0.266. The molecule has 0 unspecified atom stereocenters. The summed E-state index contributed by atoms with van der Waals surface area (Å²) in [6.07, 6.45) is 0.888. The fourth-order valence-electron chi connectivity index (χ4n) is 8.82. The zero-order valence-corrected chi connectivity index (χ0v) is 24.8. The first kappa shape index (κ1) is 29.2. The Hall–Kier alpha value is -1.91. The van der Waals surface area contributed by atoms with Gasteiger partial charge in [0.15, 0.2) is 17.1 Å². The Bertz CT molecular complexity index is 1370. The van der Waals surface area contributed by atoms with Crippen LogP contribution in [0, 0.1) is 28.6 Å². The summed E-state index contributed by atoms with van der Waals surface area (Å²) >= 11 is 6.95. The summed E-state index contributed by atoms with van der Waals surface area (Å²) in [4.78, 5) is 44.7. The van der Waals surface area contributed by atoms with Crippen molar-refractivity contribution in [2.45, 2.75) is 70.1 Å². The van der Waals surface area contributed by atoms with Gasteiger partial charge in [0, 0.05) is 40.8 Å². The predicted molar refractivity (Wildman–Crippen MR) is 151 cm³/mol. The summed E-state index contributed by atoms with van der Waals surface area (Å²) in [5.41, 5.74) is -5.19. The van der Waals surface area contributed by atoms with E-state index in [2.05, 4.69) is 0 Å². The van der Waals surface area contributed by atoms with E-state index in [1.807, 2.05) is 19.1 Å². The lowest BCUT2D eigenvalue weighted by Crippen LogP contribution is -2.70. The maximum absolute atomic E-state index is 17.6. The van der Waals surface area contributed by atoms with Gasteiger partial charge in [-0.05, 0) is 74.4 Å². The standard InChI is InChI=1S/C31H34ClF2NO5S/c1-17(36)16-41-27(39)31-19(15-35(40-31)14-18-4-6-20(32)7-5-18)10-22-23-12-25(33)24-11-21(37)8-9-28(24,2)30(23,34)26(38)13-29(22,31)3/h4-9,11,19,22-23,25-26,38H,10,12-16H2,1-3H3/t19-,22-,23-,25-,26-,28-,29-,30-,31-/m0/s1. The number of hydrogen-bond donors (Lipinski definition) is 1. The highest BCUT2D eigenvalue weighted by atomic mass is 35.5. The van der Waals surface area contributed by atoms with E-state index in [1.165, 1.54) is 25.2 Å². The Balaban J connectivity index is 1.40. The first-order valence-corrected chi connectivity index (χ1v) is 15.4. The number of aliphatic hydroxyl groups excluding tert-OH is 1. The van der Waals surface area contributed by atoms with Gasteiger partial charge in [-0.25, -0.2) is 8.78 Å². The van der Waals surface area contributed by atoms with Crippen molar-refractivity contribution in [1.82, 2.24) is 5.06 Å². The van der Waals surface area contributed by atoms with E-state index < -0.39 is 52.0 Å². The quantitative estimate of drug-likeness (QED) is 0.493. The molecular weight excluding hydrogens is 572 g/mol. The number of allylic oxidation sites excluding steroid dienone is 4. The van der Waals surface area contributed by atoms with Crippen molar-refractivity contribution < 1.29 is 33.1 Å². The second-order valence-corrected chi connectivity index (χ2v) is 14.2. The molecule has 1 saturated heterocycles. The number of rotatable bonds is 5. The Morgan fingerprint density at radius 3 is 2.59 bits per heavy atom. The monoisotopic (exact) mass is 605 g/mol. The molecule has 0 bridgehead atoms. The number of alkyl halides is 2. The molecule has 10 heteroatoms. The van der Waals surface area contributed by atoms with Gasteiger partial charge in [-0.3, -0.25) is 19.2 Å². The normalized spacial score (nSPS) is 43.1. The van der Waals surface area contributed by atoms with Crippen molar-refractivity contribution >= 4 is 40.0 Å². The number of halogens is 3. The molecule has 1 aromatic carbocycles. The number of Topliss-reactive ketones (excluding diaryl/α,β-unsaturated/α-hetero) is 1. The molecule has 1 heterocycles. The second kappa shape index (κ2) is 9.81. The van der Waals surface area contributed by atoms with Gasteiger partial charge in [-0.2, -0.15) is 5.06 Å². The Kier molecular flexibility index (Phi) is 6.98. The largest absolute Gasteiger partial charge is 0.390 e. The van der Waals surface area contributed by atoms with Crippen molar-refractivity contribution in [3.63, 3.8) is 0 Å². The minimum atomic E-state index is -2.23. The number of ketones is 2. The van der Waals surface area contributed by atoms with E-state index in [0.29, 0.717) is 24.5 Å². The van der Waals surface area contributed by atoms with Crippen molar-refractivity contribution in [2.24, 2.45) is 28.6 Å². The van der Waals surface area contributed by atoms with Crippen LogP contribution >= 0.6 is 23.4 Å². The van der Waals surface area contributed by atoms with Crippen LogP contribution in [0.2, 0.25) is 5.02 Å². The third kappa shape index (κ3) is 4.02. The molecule has 4 fully saturated rings. The van der Waals surface area contributed by atoms with Crippen molar-refractivity contribution in [3.05, 3.63) is 58.7 Å². The number of thioether (sulfide) groups is 1. The molecular formula is C31H34ClF2NO5S. The minimum Gasteiger partial charge on any atom is -0.390 e. The van der Waals surface area contributed by atoms with Crippen molar-refractivity contribution in [1.29, 1.82) is 0 Å². The number of hydroxylamine groups is 2. The first-order valence-electron chi connectivity index (χ1n) is 14.1. The maximum atomic E-state index is 17.6. The summed E-state index contributed by atoms with van der Waals surface area (Å²) in [6, 6.07) is 7.31. The van der Waals surface area contributed by atoms with Gasteiger partial charge in [-0.15, -0.1) is 0 Å². The van der Waals surface area contributed by atoms with E-state index in [1.54, 1.807) is 24.1 Å². The molecule has 0 aromatic heterocycles. The van der Waals surface area contributed by atoms with Gasteiger partial charge < -0.3 is 5.11 Å². The second-order valence-electron chi connectivity index (χ2n) is 12.8. The highest BCUT2D eigenvalue weighted by molar-refractivity contribution is 8.14. The summed E-state index contributed by atoms with van der Waals surface area (Å²) in [5, 5.41) is 13.7. The van der Waals surface area contributed by atoms with Gasteiger partial charge in [0.25, 0.3) is 0 Å². The third-order valence-electron chi connectivity index (χ3n) is 10.7. The first-order chi connectivity index (χ1) is 19.3. The Morgan fingerprint density at radius 2 is 1.90 bits per heavy atom. The van der Waals surface area contributed by atoms with Crippen LogP contribution < -0.4 is 0 Å². The molecule has 1 aromatic rings. The summed E-state index contributed by atoms with van der Waals surface area (Å²) in [5.74, 6) is -2.30. The predicted octanol–water partition coefficient (Wildman–Crippen LogP) is 5.22. The fraction of sp³-hybridized carbons (Fsp3) is 0.581. The minimum absolute atomic E-state index is 0.0226. The number of nitrogens with zero attached hydrogens (tertiary/aromatic N) is 1. The Labute approximate surface area is 247 Å². The van der Waals surface area contributed by atoms with Crippen LogP contribution in [-0.2, 0) is 25.8 Å². The number of aliphatic hydroxyl groups is 1.